The molecular formula is C17H27Cl2FN4O3. The average Bonchev–Trinajstić information content (AvgIpc) is 2.59. The molecule has 7 nitrogen and oxygen atoms in total. The molecule has 0 unspecified atom stereocenters. The molecule has 1 aromatic carbocycles. The molecule has 1 aliphatic rings. The third-order valence-corrected chi connectivity index (χ3v) is 3.99. The van der Waals surface area contributed by atoms with E-state index in [1.165, 1.54) is 12.1 Å². The van der Waals surface area contributed by atoms with Gasteiger partial charge < -0.3 is 26.0 Å². The summed E-state index contributed by atoms with van der Waals surface area (Å²) < 4.78 is 19.1. The first kappa shape index (κ1) is 25.4. The van der Waals surface area contributed by atoms with E-state index >= 15 is 0 Å². The zero-order valence-electron chi connectivity index (χ0n) is 15.4. The number of anilines is 2. The van der Waals surface area contributed by atoms with Crippen molar-refractivity contribution in [3.63, 3.8) is 0 Å². The van der Waals surface area contributed by atoms with E-state index in [-0.39, 0.29) is 37.3 Å². The van der Waals surface area contributed by atoms with Gasteiger partial charge in [-0.05, 0) is 24.1 Å². The van der Waals surface area contributed by atoms with Gasteiger partial charge in [0.2, 0.25) is 11.8 Å². The van der Waals surface area contributed by atoms with Crippen molar-refractivity contribution < 1.29 is 18.7 Å². The standard InChI is InChI=1S/C17H25FN4O3.2ClH/c1-11(2)16(19)17(24)20-10-15(23)21-13-7-12(18)8-14(9-13)22-3-5-25-6-4-22;;/h7-9,11,16H,3-6,10,19H2,1-2H3,(H,20,24)(H,21,23);2*1H/t16-;;/m0../s1. The van der Waals surface area contributed by atoms with Crippen molar-refractivity contribution in [2.45, 2.75) is 19.9 Å². The monoisotopic (exact) mass is 424 g/mol. The molecule has 0 spiro atoms. The Morgan fingerprint density at radius 2 is 1.85 bits per heavy atom. The second kappa shape index (κ2) is 12.0. The second-order valence-corrected chi connectivity index (χ2v) is 6.33. The molecule has 4 N–H and O–H groups in total. The van der Waals surface area contributed by atoms with Gasteiger partial charge in [-0.1, -0.05) is 13.8 Å². The van der Waals surface area contributed by atoms with Crippen LogP contribution in [-0.4, -0.2) is 50.7 Å². The number of nitrogens with one attached hydrogen (secondary N) is 2. The summed E-state index contributed by atoms with van der Waals surface area (Å²) in [5, 5.41) is 5.07. The van der Waals surface area contributed by atoms with E-state index in [1.807, 2.05) is 18.7 Å². The van der Waals surface area contributed by atoms with Gasteiger partial charge in [0.15, 0.2) is 0 Å². The maximum Gasteiger partial charge on any atom is 0.243 e. The topological polar surface area (TPSA) is 96.7 Å². The quantitative estimate of drug-likeness (QED) is 0.643. The predicted octanol–water partition coefficient (Wildman–Crippen LogP) is 1.54. The molecule has 0 aromatic heterocycles. The second-order valence-electron chi connectivity index (χ2n) is 6.33. The molecule has 1 saturated heterocycles. The van der Waals surface area contributed by atoms with Crippen LogP contribution in [0.4, 0.5) is 15.8 Å². The van der Waals surface area contributed by atoms with E-state index in [0.717, 1.165) is 0 Å². The van der Waals surface area contributed by atoms with Crippen LogP contribution in [0.15, 0.2) is 18.2 Å². The molecule has 2 rings (SSSR count). The Kier molecular flexibility index (Phi) is 11.3. The highest BCUT2D eigenvalue weighted by atomic mass is 35.5. The van der Waals surface area contributed by atoms with Gasteiger partial charge in [0.25, 0.3) is 0 Å². The van der Waals surface area contributed by atoms with Crippen LogP contribution in [0, 0.1) is 11.7 Å². The lowest BCUT2D eigenvalue weighted by Crippen LogP contribution is -2.46. The smallest absolute Gasteiger partial charge is 0.243 e. The number of morpholine rings is 1. The number of hydrogen-bond donors (Lipinski definition) is 3. The van der Waals surface area contributed by atoms with Crippen LogP contribution in [0.1, 0.15) is 13.8 Å². The predicted molar refractivity (Wildman–Crippen MR) is 108 cm³/mol. The van der Waals surface area contributed by atoms with E-state index in [9.17, 15) is 14.0 Å². The first-order valence-electron chi connectivity index (χ1n) is 8.33. The normalized spacial score (nSPS) is 14.6. The van der Waals surface area contributed by atoms with Gasteiger partial charge in [0.1, 0.15) is 5.82 Å². The lowest BCUT2D eigenvalue weighted by molar-refractivity contribution is -0.125. The molecule has 1 aliphatic heterocycles. The summed E-state index contributed by atoms with van der Waals surface area (Å²) in [6, 6.07) is 3.69. The molecule has 1 heterocycles. The van der Waals surface area contributed by atoms with E-state index in [2.05, 4.69) is 10.6 Å². The molecule has 0 saturated carbocycles. The lowest BCUT2D eigenvalue weighted by Gasteiger charge is -2.29. The Labute approximate surface area is 171 Å². The molecule has 1 aromatic rings. The summed E-state index contributed by atoms with van der Waals surface area (Å²) >= 11 is 0. The number of amides is 2. The van der Waals surface area contributed by atoms with Crippen molar-refractivity contribution in [1.29, 1.82) is 0 Å². The lowest BCUT2D eigenvalue weighted by atomic mass is 10.1. The number of carbonyl (C=O) groups excluding carboxylic acids is 2. The fourth-order valence-corrected chi connectivity index (χ4v) is 2.44. The summed E-state index contributed by atoms with van der Waals surface area (Å²) in [6.07, 6.45) is 0. The van der Waals surface area contributed by atoms with Gasteiger partial charge in [0.05, 0.1) is 25.8 Å². The Morgan fingerprint density at radius 3 is 2.44 bits per heavy atom. The molecule has 1 atom stereocenters. The minimum Gasteiger partial charge on any atom is -0.378 e. The number of carbonyl (C=O) groups is 2. The van der Waals surface area contributed by atoms with E-state index in [0.29, 0.717) is 37.7 Å². The summed E-state index contributed by atoms with van der Waals surface area (Å²) in [6.45, 7) is 5.93. The highest BCUT2D eigenvalue weighted by molar-refractivity contribution is 5.95. The number of ether oxygens (including phenoxy) is 1. The summed E-state index contributed by atoms with van der Waals surface area (Å²) in [4.78, 5) is 25.7. The Balaban J connectivity index is 0.00000338. The van der Waals surface area contributed by atoms with Crippen LogP contribution in [0.25, 0.3) is 0 Å². The molecule has 2 amide bonds. The average molecular weight is 425 g/mol. The minimum atomic E-state index is -0.671. The summed E-state index contributed by atoms with van der Waals surface area (Å²) in [5.74, 6) is -1.30. The number of benzene rings is 1. The van der Waals surface area contributed by atoms with E-state index in [4.69, 9.17) is 10.5 Å². The van der Waals surface area contributed by atoms with Crippen molar-refractivity contribution in [3.8, 4) is 0 Å². The fourth-order valence-electron chi connectivity index (χ4n) is 2.44. The van der Waals surface area contributed by atoms with E-state index in [1.54, 1.807) is 6.07 Å². The van der Waals surface area contributed by atoms with Crippen molar-refractivity contribution in [3.05, 3.63) is 24.0 Å². The van der Waals surface area contributed by atoms with Crippen LogP contribution in [-0.2, 0) is 14.3 Å². The largest absolute Gasteiger partial charge is 0.378 e. The Hall–Kier alpha value is -1.61. The zero-order valence-corrected chi connectivity index (χ0v) is 17.0. The molecule has 0 bridgehead atoms. The van der Waals surface area contributed by atoms with Crippen LogP contribution >= 0.6 is 24.8 Å². The van der Waals surface area contributed by atoms with Crippen molar-refractivity contribution >= 4 is 48.0 Å². The number of nitrogens with zero attached hydrogens (tertiary/aromatic N) is 1. The molecule has 10 heteroatoms. The third kappa shape index (κ3) is 7.88. The van der Waals surface area contributed by atoms with Crippen LogP contribution in [0.3, 0.4) is 0 Å². The van der Waals surface area contributed by atoms with Gasteiger partial charge in [-0.15, -0.1) is 24.8 Å². The zero-order chi connectivity index (χ0) is 18.4. The highest BCUT2D eigenvalue weighted by Crippen LogP contribution is 2.22. The summed E-state index contributed by atoms with van der Waals surface area (Å²) in [5.41, 5.74) is 6.74. The first-order valence-corrected chi connectivity index (χ1v) is 8.33. The van der Waals surface area contributed by atoms with Gasteiger partial charge in [-0.3, -0.25) is 9.59 Å². The molecule has 1 fully saturated rings. The van der Waals surface area contributed by atoms with Crippen molar-refractivity contribution in [1.82, 2.24) is 5.32 Å². The SMILES string of the molecule is CC(C)[C@H](N)C(=O)NCC(=O)Nc1cc(F)cc(N2CCOCC2)c1.Cl.Cl. The molecule has 0 radical (unpaired) electrons. The van der Waals surface area contributed by atoms with Crippen LogP contribution in [0.2, 0.25) is 0 Å². The highest BCUT2D eigenvalue weighted by Gasteiger charge is 2.18. The Morgan fingerprint density at radius 1 is 1.22 bits per heavy atom. The van der Waals surface area contributed by atoms with Gasteiger partial charge in [0, 0.05) is 24.5 Å². The van der Waals surface area contributed by atoms with E-state index < -0.39 is 23.7 Å². The molecular weight excluding hydrogens is 398 g/mol. The number of rotatable bonds is 6. The van der Waals surface area contributed by atoms with Gasteiger partial charge >= 0.3 is 0 Å². The van der Waals surface area contributed by atoms with Crippen molar-refractivity contribution in [2.24, 2.45) is 11.7 Å². The molecule has 0 aliphatic carbocycles. The molecule has 154 valence electrons. The summed E-state index contributed by atoms with van der Waals surface area (Å²) in [7, 11) is 0. The molecule has 27 heavy (non-hydrogen) atoms. The van der Waals surface area contributed by atoms with Crippen LogP contribution < -0.4 is 21.3 Å². The number of halogens is 3. The number of hydrogen-bond acceptors (Lipinski definition) is 5. The number of nitrogens with two attached hydrogens (primary N) is 1. The fraction of sp³-hybridized carbons (Fsp3) is 0.529. The third-order valence-electron chi connectivity index (χ3n) is 3.99. The Bertz CT molecular complexity index is 628. The van der Waals surface area contributed by atoms with Gasteiger partial charge in [-0.2, -0.15) is 0 Å². The minimum absolute atomic E-state index is 0. The van der Waals surface area contributed by atoms with Crippen LogP contribution in [0.5, 0.6) is 0 Å². The van der Waals surface area contributed by atoms with Crippen molar-refractivity contribution in [2.75, 3.05) is 43.1 Å². The maximum absolute atomic E-state index is 13.8. The first-order chi connectivity index (χ1) is 11.9. The maximum atomic E-state index is 13.8. The van der Waals surface area contributed by atoms with Gasteiger partial charge in [-0.25, -0.2) is 4.39 Å².